The van der Waals surface area contributed by atoms with Crippen LogP contribution in [0.4, 0.5) is 4.79 Å². The Morgan fingerprint density at radius 1 is 1.61 bits per heavy atom. The van der Waals surface area contributed by atoms with Crippen LogP contribution in [0.5, 0.6) is 0 Å². The van der Waals surface area contributed by atoms with E-state index in [-0.39, 0.29) is 17.9 Å². The summed E-state index contributed by atoms with van der Waals surface area (Å²) in [5, 5.41) is 11.6. The zero-order valence-corrected chi connectivity index (χ0v) is 11.2. The zero-order valence-electron chi connectivity index (χ0n) is 10.4. The number of terminal acetylenes is 1. The van der Waals surface area contributed by atoms with E-state index in [0.29, 0.717) is 25.4 Å². The summed E-state index contributed by atoms with van der Waals surface area (Å²) in [6, 6.07) is -0.120. The first kappa shape index (κ1) is 14.7. The number of hydrogen-bond donors (Lipinski definition) is 2. The standard InChI is InChI=1S/C12H18N2O3S/c1-3-5-18-6-4-13-12(17)14-7-10(8-14)9(2)11(15)16/h1,9-10H,4-8H2,2H3,(H,13,17)(H,15,16). The van der Waals surface area contributed by atoms with Crippen LogP contribution in [0, 0.1) is 24.2 Å². The van der Waals surface area contributed by atoms with Crippen molar-refractivity contribution >= 4 is 23.8 Å². The number of urea groups is 1. The second-order valence-electron chi connectivity index (χ2n) is 4.28. The van der Waals surface area contributed by atoms with Crippen LogP contribution >= 0.6 is 11.8 Å². The van der Waals surface area contributed by atoms with E-state index in [2.05, 4.69) is 11.2 Å². The molecule has 0 bridgehead atoms. The highest BCUT2D eigenvalue weighted by Crippen LogP contribution is 2.23. The van der Waals surface area contributed by atoms with E-state index in [1.165, 1.54) is 0 Å². The predicted octanol–water partition coefficient (Wildman–Crippen LogP) is 0.715. The van der Waals surface area contributed by atoms with Crippen molar-refractivity contribution in [1.82, 2.24) is 10.2 Å². The van der Waals surface area contributed by atoms with Gasteiger partial charge < -0.3 is 15.3 Å². The molecular weight excluding hydrogens is 252 g/mol. The molecule has 1 aliphatic heterocycles. The van der Waals surface area contributed by atoms with Gasteiger partial charge in [0, 0.05) is 31.3 Å². The number of nitrogens with zero attached hydrogens (tertiary/aromatic N) is 1. The first-order valence-electron chi connectivity index (χ1n) is 5.83. The largest absolute Gasteiger partial charge is 0.481 e. The van der Waals surface area contributed by atoms with Gasteiger partial charge in [0.2, 0.25) is 0 Å². The van der Waals surface area contributed by atoms with E-state index in [1.807, 2.05) is 0 Å². The Kier molecular flexibility index (Phi) is 5.86. The minimum atomic E-state index is -0.800. The van der Waals surface area contributed by atoms with Gasteiger partial charge in [0.15, 0.2) is 0 Å². The quantitative estimate of drug-likeness (QED) is 0.551. The van der Waals surface area contributed by atoms with Crippen LogP contribution < -0.4 is 5.32 Å². The Morgan fingerprint density at radius 2 is 2.28 bits per heavy atom. The van der Waals surface area contributed by atoms with Crippen LogP contribution in [0.2, 0.25) is 0 Å². The molecule has 0 spiro atoms. The molecule has 1 fully saturated rings. The number of carbonyl (C=O) groups excluding carboxylic acids is 1. The number of nitrogens with one attached hydrogen (secondary N) is 1. The van der Waals surface area contributed by atoms with Gasteiger partial charge in [0.25, 0.3) is 0 Å². The van der Waals surface area contributed by atoms with Gasteiger partial charge >= 0.3 is 12.0 Å². The normalized spacial score (nSPS) is 16.6. The first-order valence-corrected chi connectivity index (χ1v) is 6.98. The van der Waals surface area contributed by atoms with E-state index in [9.17, 15) is 9.59 Å². The number of carboxylic acids is 1. The van der Waals surface area contributed by atoms with Crippen LogP contribution in [-0.4, -0.2) is 53.1 Å². The number of thioether (sulfide) groups is 1. The Labute approximate surface area is 111 Å². The van der Waals surface area contributed by atoms with Crippen LogP contribution in [0.15, 0.2) is 0 Å². The van der Waals surface area contributed by atoms with Crippen molar-refractivity contribution in [3.63, 3.8) is 0 Å². The second kappa shape index (κ2) is 7.17. The summed E-state index contributed by atoms with van der Waals surface area (Å²) >= 11 is 1.59. The van der Waals surface area contributed by atoms with Gasteiger partial charge in [-0.1, -0.05) is 12.8 Å². The maximum absolute atomic E-state index is 11.6. The summed E-state index contributed by atoms with van der Waals surface area (Å²) in [6.07, 6.45) is 5.10. The molecule has 0 saturated carbocycles. The summed E-state index contributed by atoms with van der Waals surface area (Å²) in [6.45, 7) is 3.31. The molecule has 1 unspecified atom stereocenters. The maximum Gasteiger partial charge on any atom is 0.317 e. The molecule has 2 N–H and O–H groups in total. The van der Waals surface area contributed by atoms with Crippen LogP contribution in [0.3, 0.4) is 0 Å². The summed E-state index contributed by atoms with van der Waals surface area (Å²) in [7, 11) is 0. The Bertz CT molecular complexity index is 348. The highest BCUT2D eigenvalue weighted by atomic mass is 32.2. The van der Waals surface area contributed by atoms with E-state index < -0.39 is 5.97 Å². The molecule has 0 radical (unpaired) electrons. The molecule has 1 saturated heterocycles. The van der Waals surface area contributed by atoms with Gasteiger partial charge in [-0.15, -0.1) is 18.2 Å². The van der Waals surface area contributed by atoms with E-state index in [0.717, 1.165) is 5.75 Å². The topological polar surface area (TPSA) is 69.6 Å². The Hall–Kier alpha value is -1.35. The number of amides is 2. The lowest BCUT2D eigenvalue weighted by atomic mass is 9.87. The van der Waals surface area contributed by atoms with E-state index in [1.54, 1.807) is 23.6 Å². The average molecular weight is 270 g/mol. The molecule has 0 aromatic rings. The third kappa shape index (κ3) is 4.15. The molecule has 100 valence electrons. The first-order chi connectivity index (χ1) is 8.56. The van der Waals surface area contributed by atoms with Gasteiger partial charge in [-0.05, 0) is 0 Å². The molecule has 0 aliphatic carbocycles. The van der Waals surface area contributed by atoms with Crippen molar-refractivity contribution in [1.29, 1.82) is 0 Å². The molecule has 1 aliphatic rings. The molecule has 0 aromatic carbocycles. The van der Waals surface area contributed by atoms with Crippen molar-refractivity contribution in [2.24, 2.45) is 11.8 Å². The summed E-state index contributed by atoms with van der Waals surface area (Å²) in [4.78, 5) is 24.0. The molecule has 6 heteroatoms. The summed E-state index contributed by atoms with van der Waals surface area (Å²) in [5.74, 6) is 2.84. The molecule has 18 heavy (non-hydrogen) atoms. The van der Waals surface area contributed by atoms with Gasteiger partial charge in [0.05, 0.1) is 11.7 Å². The lowest BCUT2D eigenvalue weighted by Gasteiger charge is -2.41. The fourth-order valence-corrected chi connectivity index (χ4v) is 2.18. The minimum absolute atomic E-state index is 0.0732. The molecule has 1 rings (SSSR count). The monoisotopic (exact) mass is 270 g/mol. The van der Waals surface area contributed by atoms with Crippen molar-refractivity contribution in [2.45, 2.75) is 6.92 Å². The maximum atomic E-state index is 11.6. The fraction of sp³-hybridized carbons (Fsp3) is 0.667. The van der Waals surface area contributed by atoms with Crippen molar-refractivity contribution in [2.75, 3.05) is 31.1 Å². The van der Waals surface area contributed by atoms with Crippen molar-refractivity contribution < 1.29 is 14.7 Å². The van der Waals surface area contributed by atoms with Gasteiger partial charge in [0.1, 0.15) is 0 Å². The van der Waals surface area contributed by atoms with Gasteiger partial charge in [-0.3, -0.25) is 4.79 Å². The number of carbonyl (C=O) groups is 2. The van der Waals surface area contributed by atoms with Gasteiger partial charge in [-0.2, -0.15) is 0 Å². The Morgan fingerprint density at radius 3 is 2.83 bits per heavy atom. The number of hydrogen-bond acceptors (Lipinski definition) is 3. The SMILES string of the molecule is C#CCSCCNC(=O)N1CC(C(C)C(=O)O)C1. The third-order valence-corrected chi connectivity index (χ3v) is 3.87. The van der Waals surface area contributed by atoms with Crippen LogP contribution in [-0.2, 0) is 4.79 Å². The van der Waals surface area contributed by atoms with Gasteiger partial charge in [-0.25, -0.2) is 4.79 Å². The van der Waals surface area contributed by atoms with Crippen molar-refractivity contribution in [3.05, 3.63) is 0 Å². The molecule has 1 heterocycles. The highest BCUT2D eigenvalue weighted by molar-refractivity contribution is 7.99. The third-order valence-electron chi connectivity index (χ3n) is 3.00. The fourth-order valence-electron chi connectivity index (χ4n) is 1.67. The lowest BCUT2D eigenvalue weighted by molar-refractivity contribution is -0.144. The smallest absolute Gasteiger partial charge is 0.317 e. The number of aliphatic carboxylic acids is 1. The molecule has 0 aromatic heterocycles. The summed E-state index contributed by atoms with van der Waals surface area (Å²) in [5.41, 5.74) is 0. The predicted molar refractivity (Wildman–Crippen MR) is 71.4 cm³/mol. The van der Waals surface area contributed by atoms with Crippen LogP contribution in [0.1, 0.15) is 6.92 Å². The van der Waals surface area contributed by atoms with E-state index >= 15 is 0 Å². The number of carboxylic acid groups (broad SMARTS) is 1. The highest BCUT2D eigenvalue weighted by Gasteiger charge is 2.36. The lowest BCUT2D eigenvalue weighted by Crippen LogP contribution is -2.56. The van der Waals surface area contributed by atoms with E-state index in [4.69, 9.17) is 11.5 Å². The molecule has 5 nitrogen and oxygen atoms in total. The van der Waals surface area contributed by atoms with Crippen molar-refractivity contribution in [3.8, 4) is 12.3 Å². The minimum Gasteiger partial charge on any atom is -0.481 e. The molecular formula is C12H18N2O3S. The average Bonchev–Trinajstić information content (AvgIpc) is 2.26. The molecule has 2 amide bonds. The molecule has 1 atom stereocenters. The number of likely N-dealkylation sites (tertiary alicyclic amines) is 1. The van der Waals surface area contributed by atoms with Crippen LogP contribution in [0.25, 0.3) is 0 Å². The summed E-state index contributed by atoms with van der Waals surface area (Å²) < 4.78 is 0. The zero-order chi connectivity index (χ0) is 13.5. The second-order valence-corrected chi connectivity index (χ2v) is 5.39. The Balaban J connectivity index is 2.12. The number of rotatable bonds is 6.